The largest absolute Gasteiger partial charge is 0.385 e. The number of hydrogen-bond donors (Lipinski definition) is 2. The van der Waals surface area contributed by atoms with Gasteiger partial charge in [-0.25, -0.2) is 0 Å². The Morgan fingerprint density at radius 1 is 1.06 bits per heavy atom. The molecule has 3 heteroatoms. The number of benzene rings is 1. The number of carbonyl (C=O) groups is 1. The molecule has 0 heterocycles. The second-order valence-corrected chi connectivity index (χ2v) is 5.17. The van der Waals surface area contributed by atoms with Crippen molar-refractivity contribution in [1.82, 2.24) is 0 Å². The molecule has 0 atom stereocenters. The molecule has 3 nitrogen and oxygen atoms in total. The van der Waals surface area contributed by atoms with E-state index in [-0.39, 0.29) is 11.8 Å². The van der Waals surface area contributed by atoms with Crippen LogP contribution in [0.25, 0.3) is 0 Å². The van der Waals surface area contributed by atoms with Crippen molar-refractivity contribution in [1.29, 1.82) is 0 Å². The minimum absolute atomic E-state index is 0.170. The molecular weight excluding hydrogens is 212 g/mol. The average Bonchev–Trinajstić information content (AvgIpc) is 3.19. The number of anilines is 2. The molecule has 2 saturated carbocycles. The molecular formula is C14H18N2O. The Bertz CT molecular complexity index is 405. The summed E-state index contributed by atoms with van der Waals surface area (Å²) < 4.78 is 0. The van der Waals surface area contributed by atoms with E-state index in [1.165, 1.54) is 12.8 Å². The maximum Gasteiger partial charge on any atom is 0.227 e. The highest BCUT2D eigenvalue weighted by Gasteiger charge is 2.29. The highest BCUT2D eigenvalue weighted by atomic mass is 16.2. The molecule has 1 aromatic rings. The summed E-state index contributed by atoms with van der Waals surface area (Å²) in [6.45, 7) is 1.08. The molecule has 0 radical (unpaired) electrons. The Balaban J connectivity index is 1.52. The average molecular weight is 230 g/mol. The van der Waals surface area contributed by atoms with E-state index in [9.17, 15) is 4.79 Å². The molecule has 3 rings (SSSR count). The van der Waals surface area contributed by atoms with Crippen LogP contribution in [-0.2, 0) is 4.79 Å². The van der Waals surface area contributed by atoms with Crippen molar-refractivity contribution in [3.8, 4) is 0 Å². The van der Waals surface area contributed by atoms with Crippen LogP contribution in [-0.4, -0.2) is 12.5 Å². The summed E-state index contributed by atoms with van der Waals surface area (Å²) in [4.78, 5) is 11.6. The Kier molecular flexibility index (Phi) is 2.75. The predicted molar refractivity (Wildman–Crippen MR) is 69.0 cm³/mol. The Morgan fingerprint density at radius 2 is 1.71 bits per heavy atom. The van der Waals surface area contributed by atoms with Gasteiger partial charge in [0.2, 0.25) is 5.91 Å². The van der Waals surface area contributed by atoms with Crippen LogP contribution in [0.1, 0.15) is 25.7 Å². The normalized spacial score (nSPS) is 18.8. The summed E-state index contributed by atoms with van der Waals surface area (Å²) in [6.07, 6.45) is 4.82. The van der Waals surface area contributed by atoms with Crippen LogP contribution in [0.15, 0.2) is 24.3 Å². The third-order valence-electron chi connectivity index (χ3n) is 3.39. The molecule has 1 aromatic carbocycles. The zero-order valence-corrected chi connectivity index (χ0v) is 9.91. The highest BCUT2D eigenvalue weighted by Crippen LogP contribution is 2.31. The molecule has 2 aliphatic carbocycles. The van der Waals surface area contributed by atoms with E-state index >= 15 is 0 Å². The zero-order chi connectivity index (χ0) is 11.7. The third kappa shape index (κ3) is 2.99. The standard InChI is InChI=1S/C14H18N2O/c17-14(11-3-4-11)16-13-7-5-12(6-8-13)15-9-10-1-2-10/h5-8,10-11,15H,1-4,9H2,(H,16,17). The van der Waals surface area contributed by atoms with Gasteiger partial charge in [-0.1, -0.05) is 0 Å². The minimum atomic E-state index is 0.170. The van der Waals surface area contributed by atoms with Crippen LogP contribution < -0.4 is 10.6 Å². The zero-order valence-electron chi connectivity index (χ0n) is 9.91. The van der Waals surface area contributed by atoms with Gasteiger partial charge in [-0.2, -0.15) is 0 Å². The van der Waals surface area contributed by atoms with Gasteiger partial charge >= 0.3 is 0 Å². The Morgan fingerprint density at radius 3 is 2.29 bits per heavy atom. The minimum Gasteiger partial charge on any atom is -0.385 e. The quantitative estimate of drug-likeness (QED) is 0.816. The first-order chi connectivity index (χ1) is 8.31. The van der Waals surface area contributed by atoms with Gasteiger partial charge in [0.05, 0.1) is 0 Å². The number of amides is 1. The van der Waals surface area contributed by atoms with E-state index in [0.717, 1.165) is 36.7 Å². The van der Waals surface area contributed by atoms with Crippen molar-refractivity contribution < 1.29 is 4.79 Å². The van der Waals surface area contributed by atoms with Crippen molar-refractivity contribution in [2.45, 2.75) is 25.7 Å². The molecule has 0 spiro atoms. The van der Waals surface area contributed by atoms with E-state index in [0.29, 0.717) is 0 Å². The lowest BCUT2D eigenvalue weighted by atomic mass is 10.2. The third-order valence-corrected chi connectivity index (χ3v) is 3.39. The van der Waals surface area contributed by atoms with Gasteiger partial charge < -0.3 is 10.6 Å². The number of nitrogens with one attached hydrogen (secondary N) is 2. The SMILES string of the molecule is O=C(Nc1ccc(NCC2CC2)cc1)C1CC1. The van der Waals surface area contributed by atoms with Gasteiger partial charge in [-0.05, 0) is 55.9 Å². The summed E-state index contributed by atoms with van der Waals surface area (Å²) in [5.41, 5.74) is 2.04. The van der Waals surface area contributed by atoms with Gasteiger partial charge in [0.1, 0.15) is 0 Å². The fourth-order valence-electron chi connectivity index (χ4n) is 1.85. The van der Waals surface area contributed by atoms with E-state index in [1.807, 2.05) is 24.3 Å². The fourth-order valence-corrected chi connectivity index (χ4v) is 1.85. The van der Waals surface area contributed by atoms with Gasteiger partial charge in [0, 0.05) is 23.8 Å². The summed E-state index contributed by atoms with van der Waals surface area (Å²) in [5.74, 6) is 1.32. The monoisotopic (exact) mass is 230 g/mol. The van der Waals surface area contributed by atoms with E-state index in [4.69, 9.17) is 0 Å². The first-order valence-electron chi connectivity index (χ1n) is 6.46. The molecule has 0 aliphatic heterocycles. The van der Waals surface area contributed by atoms with Gasteiger partial charge in [0.15, 0.2) is 0 Å². The maximum absolute atomic E-state index is 11.6. The second kappa shape index (κ2) is 4.40. The van der Waals surface area contributed by atoms with Crippen molar-refractivity contribution in [3.63, 3.8) is 0 Å². The fraction of sp³-hybridized carbons (Fsp3) is 0.500. The van der Waals surface area contributed by atoms with E-state index < -0.39 is 0 Å². The first kappa shape index (κ1) is 10.6. The highest BCUT2D eigenvalue weighted by molar-refractivity contribution is 5.94. The number of carbonyl (C=O) groups excluding carboxylic acids is 1. The molecule has 17 heavy (non-hydrogen) atoms. The first-order valence-corrected chi connectivity index (χ1v) is 6.46. The Hall–Kier alpha value is -1.51. The summed E-state index contributed by atoms with van der Waals surface area (Å²) in [5, 5.41) is 6.35. The number of hydrogen-bond acceptors (Lipinski definition) is 2. The van der Waals surface area contributed by atoms with Gasteiger partial charge in [-0.3, -0.25) is 4.79 Å². The molecule has 90 valence electrons. The van der Waals surface area contributed by atoms with E-state index in [1.54, 1.807) is 0 Å². The van der Waals surface area contributed by atoms with Crippen LogP contribution >= 0.6 is 0 Å². The van der Waals surface area contributed by atoms with Crippen LogP contribution in [0, 0.1) is 11.8 Å². The summed E-state index contributed by atoms with van der Waals surface area (Å²) >= 11 is 0. The van der Waals surface area contributed by atoms with Crippen molar-refractivity contribution in [2.24, 2.45) is 11.8 Å². The predicted octanol–water partition coefficient (Wildman–Crippen LogP) is 2.86. The molecule has 0 saturated heterocycles. The van der Waals surface area contributed by atoms with Crippen LogP contribution in [0.3, 0.4) is 0 Å². The lowest BCUT2D eigenvalue weighted by Crippen LogP contribution is -2.13. The topological polar surface area (TPSA) is 41.1 Å². The Labute approximate surface area is 102 Å². The van der Waals surface area contributed by atoms with Crippen molar-refractivity contribution in [3.05, 3.63) is 24.3 Å². The summed E-state index contributed by atoms with van der Waals surface area (Å²) in [6, 6.07) is 8.00. The van der Waals surface area contributed by atoms with Crippen LogP contribution in [0.2, 0.25) is 0 Å². The molecule has 2 N–H and O–H groups in total. The van der Waals surface area contributed by atoms with Crippen LogP contribution in [0.5, 0.6) is 0 Å². The molecule has 0 aromatic heterocycles. The van der Waals surface area contributed by atoms with Crippen LogP contribution in [0.4, 0.5) is 11.4 Å². The van der Waals surface area contributed by atoms with Crippen molar-refractivity contribution in [2.75, 3.05) is 17.2 Å². The second-order valence-electron chi connectivity index (χ2n) is 5.17. The van der Waals surface area contributed by atoms with Gasteiger partial charge in [-0.15, -0.1) is 0 Å². The lowest BCUT2D eigenvalue weighted by Gasteiger charge is -2.07. The molecule has 0 bridgehead atoms. The molecule has 0 unspecified atom stereocenters. The summed E-state index contributed by atoms with van der Waals surface area (Å²) in [7, 11) is 0. The lowest BCUT2D eigenvalue weighted by molar-refractivity contribution is -0.117. The maximum atomic E-state index is 11.6. The molecule has 2 aliphatic rings. The van der Waals surface area contributed by atoms with Crippen molar-refractivity contribution >= 4 is 17.3 Å². The van der Waals surface area contributed by atoms with Gasteiger partial charge in [0.25, 0.3) is 0 Å². The molecule has 2 fully saturated rings. The number of rotatable bonds is 5. The van der Waals surface area contributed by atoms with E-state index in [2.05, 4.69) is 10.6 Å². The molecule has 1 amide bonds. The smallest absolute Gasteiger partial charge is 0.227 e.